The highest BCUT2D eigenvalue weighted by Gasteiger charge is 2.39. The van der Waals surface area contributed by atoms with Gasteiger partial charge in [-0.15, -0.1) is 0 Å². The van der Waals surface area contributed by atoms with E-state index in [0.717, 1.165) is 0 Å². The monoisotopic (exact) mass is 363 g/mol. The van der Waals surface area contributed by atoms with Gasteiger partial charge >= 0.3 is 5.97 Å². The van der Waals surface area contributed by atoms with Crippen molar-refractivity contribution in [3.63, 3.8) is 0 Å². The molecule has 0 radical (unpaired) electrons. The molecular formula is C15H21N7O4. The summed E-state index contributed by atoms with van der Waals surface area (Å²) in [7, 11) is 0. The van der Waals surface area contributed by atoms with Crippen molar-refractivity contribution in [3.05, 3.63) is 36.4 Å². The number of nitrogens with one attached hydrogen (secondary N) is 3. The molecule has 8 N–H and O–H groups in total. The van der Waals surface area contributed by atoms with E-state index >= 15 is 0 Å². The van der Waals surface area contributed by atoms with Gasteiger partial charge in [0.05, 0.1) is 42.0 Å². The summed E-state index contributed by atoms with van der Waals surface area (Å²) < 4.78 is 0. The van der Waals surface area contributed by atoms with Crippen molar-refractivity contribution in [2.45, 2.75) is 37.4 Å². The molecule has 4 unspecified atom stereocenters. The lowest BCUT2D eigenvalue weighted by Crippen LogP contribution is -2.54. The van der Waals surface area contributed by atoms with Crippen LogP contribution in [0.5, 0.6) is 0 Å². The minimum atomic E-state index is -1.56. The van der Waals surface area contributed by atoms with Crippen molar-refractivity contribution in [2.24, 2.45) is 11.5 Å². The number of aliphatic carboxylic acids is 1. The Balaban J connectivity index is 2.20. The van der Waals surface area contributed by atoms with Gasteiger partial charge in [0.1, 0.15) is 6.04 Å². The molecule has 0 saturated heterocycles. The van der Waals surface area contributed by atoms with Crippen molar-refractivity contribution in [3.8, 4) is 0 Å². The molecule has 0 aliphatic heterocycles. The zero-order valence-corrected chi connectivity index (χ0v) is 14.0. The minimum absolute atomic E-state index is 0.107. The number of nitrogens with two attached hydrogens (primary N) is 2. The number of carboxylic acids is 1. The van der Waals surface area contributed by atoms with Crippen LogP contribution in [-0.2, 0) is 20.8 Å². The average molecular weight is 363 g/mol. The lowest BCUT2D eigenvalue weighted by molar-refractivity contribution is -0.144. The lowest BCUT2D eigenvalue weighted by atomic mass is 9.88. The smallest absolute Gasteiger partial charge is 0.327 e. The molecule has 0 aliphatic carbocycles. The van der Waals surface area contributed by atoms with Crippen LogP contribution in [0.3, 0.4) is 0 Å². The van der Waals surface area contributed by atoms with Gasteiger partial charge in [-0.05, 0) is 6.92 Å². The third-order valence-electron chi connectivity index (χ3n) is 3.81. The van der Waals surface area contributed by atoms with Crippen LogP contribution >= 0.6 is 0 Å². The molecule has 4 atom stereocenters. The Morgan fingerprint density at radius 3 is 2.35 bits per heavy atom. The van der Waals surface area contributed by atoms with Crippen LogP contribution in [0.15, 0.2) is 25.0 Å². The van der Waals surface area contributed by atoms with Gasteiger partial charge in [-0.1, -0.05) is 0 Å². The second-order valence-electron chi connectivity index (χ2n) is 5.86. The highest BCUT2D eigenvalue weighted by Crippen LogP contribution is 2.21. The van der Waals surface area contributed by atoms with Gasteiger partial charge in [0.2, 0.25) is 5.91 Å². The van der Waals surface area contributed by atoms with E-state index in [0.29, 0.717) is 5.69 Å². The zero-order valence-electron chi connectivity index (χ0n) is 14.0. The Morgan fingerprint density at radius 1 is 1.19 bits per heavy atom. The van der Waals surface area contributed by atoms with E-state index < -0.39 is 41.7 Å². The van der Waals surface area contributed by atoms with Crippen molar-refractivity contribution in [1.82, 2.24) is 25.3 Å². The largest absolute Gasteiger partial charge is 0.480 e. The number of H-pyrrole nitrogens is 2. The molecule has 26 heavy (non-hydrogen) atoms. The number of aromatic amines is 2. The maximum atomic E-state index is 12.5. The fraction of sp³-hybridized carbons (Fsp3) is 0.400. The number of carbonyl (C=O) groups excluding carboxylic acids is 2. The second kappa shape index (κ2) is 8.36. The zero-order chi connectivity index (χ0) is 19.3. The first-order valence-corrected chi connectivity index (χ1v) is 7.85. The number of Topliss-reactive ketones (excluding diaryl/α,β-unsaturated/α-hetero) is 1. The Morgan fingerprint density at radius 2 is 1.85 bits per heavy atom. The van der Waals surface area contributed by atoms with Gasteiger partial charge in [-0.2, -0.15) is 0 Å². The fourth-order valence-corrected chi connectivity index (χ4v) is 2.47. The number of hydrogen-bond acceptors (Lipinski definition) is 7. The molecule has 0 fully saturated rings. The van der Waals surface area contributed by atoms with Crippen LogP contribution < -0.4 is 16.8 Å². The summed E-state index contributed by atoms with van der Waals surface area (Å²) >= 11 is 0. The van der Waals surface area contributed by atoms with Crippen molar-refractivity contribution in [2.75, 3.05) is 0 Å². The predicted molar refractivity (Wildman–Crippen MR) is 89.8 cm³/mol. The van der Waals surface area contributed by atoms with Crippen LogP contribution in [0.25, 0.3) is 0 Å². The third kappa shape index (κ3) is 4.52. The summed E-state index contributed by atoms with van der Waals surface area (Å²) in [4.78, 5) is 49.8. The molecule has 11 nitrogen and oxygen atoms in total. The Hall–Kier alpha value is -3.05. The van der Waals surface area contributed by atoms with Crippen molar-refractivity contribution < 1.29 is 19.5 Å². The minimum Gasteiger partial charge on any atom is -0.480 e. The SMILES string of the molecule is CC(N)C(=O)C(c1c[nH]cn1)C(NC(=O)C(N)Cc1c[nH]cn1)C(=O)O. The number of amides is 1. The molecule has 11 heteroatoms. The first-order valence-electron chi connectivity index (χ1n) is 7.85. The lowest BCUT2D eigenvalue weighted by Gasteiger charge is -2.25. The highest BCUT2D eigenvalue weighted by atomic mass is 16.4. The molecule has 0 aliphatic rings. The number of rotatable bonds is 9. The molecule has 1 amide bonds. The van der Waals surface area contributed by atoms with E-state index in [4.69, 9.17) is 11.5 Å². The van der Waals surface area contributed by atoms with Crippen LogP contribution in [0, 0.1) is 0 Å². The van der Waals surface area contributed by atoms with Crippen molar-refractivity contribution in [1.29, 1.82) is 0 Å². The van der Waals surface area contributed by atoms with Gasteiger partial charge in [-0.3, -0.25) is 9.59 Å². The fourth-order valence-electron chi connectivity index (χ4n) is 2.47. The first kappa shape index (κ1) is 19.3. The highest BCUT2D eigenvalue weighted by molar-refractivity contribution is 5.97. The van der Waals surface area contributed by atoms with Crippen LogP contribution in [-0.4, -0.2) is 60.8 Å². The average Bonchev–Trinajstić information content (AvgIpc) is 3.27. The van der Waals surface area contributed by atoms with Crippen LogP contribution in [0.4, 0.5) is 0 Å². The predicted octanol–water partition coefficient (Wildman–Crippen LogP) is -1.73. The first-order chi connectivity index (χ1) is 12.3. The number of imidazole rings is 2. The molecule has 2 rings (SSSR count). The second-order valence-corrected chi connectivity index (χ2v) is 5.86. The van der Waals surface area contributed by atoms with E-state index in [2.05, 4.69) is 25.3 Å². The molecule has 0 bridgehead atoms. The summed E-state index contributed by atoms with van der Waals surface area (Å²) in [5.41, 5.74) is 12.2. The van der Waals surface area contributed by atoms with E-state index in [9.17, 15) is 19.5 Å². The molecule has 0 aromatic carbocycles. The molecular weight excluding hydrogens is 342 g/mol. The van der Waals surface area contributed by atoms with Gasteiger partial charge in [0.25, 0.3) is 0 Å². The summed E-state index contributed by atoms with van der Waals surface area (Å²) in [6.07, 6.45) is 5.82. The summed E-state index contributed by atoms with van der Waals surface area (Å²) in [6.45, 7) is 1.44. The normalized spacial score (nSPS) is 15.7. The molecule has 2 aromatic rings. The standard InChI is InChI=1S/C15H21N7O4/c1-7(16)13(23)11(10-4-19-6-21-10)12(15(25)26)22-14(24)9(17)2-8-3-18-5-20-8/h3-7,9,11-12H,2,16-17H2,1H3,(H,18,20)(H,19,21)(H,22,24)(H,25,26). The Labute approximate surface area is 148 Å². The number of nitrogens with zero attached hydrogens (tertiary/aromatic N) is 2. The quantitative estimate of drug-likeness (QED) is 0.302. The van der Waals surface area contributed by atoms with Crippen molar-refractivity contribution >= 4 is 17.7 Å². The van der Waals surface area contributed by atoms with E-state index in [1.807, 2.05) is 0 Å². The summed E-state index contributed by atoms with van der Waals surface area (Å²) in [5, 5.41) is 11.9. The third-order valence-corrected chi connectivity index (χ3v) is 3.81. The topological polar surface area (TPSA) is 193 Å². The molecule has 0 saturated carbocycles. The summed E-state index contributed by atoms with van der Waals surface area (Å²) in [5.74, 6) is -3.93. The van der Waals surface area contributed by atoms with Gasteiger partial charge in [-0.25, -0.2) is 14.8 Å². The maximum absolute atomic E-state index is 12.5. The van der Waals surface area contributed by atoms with Gasteiger partial charge in [0.15, 0.2) is 5.78 Å². The van der Waals surface area contributed by atoms with E-state index in [1.54, 1.807) is 6.20 Å². The maximum Gasteiger partial charge on any atom is 0.327 e. The number of carboxylic acid groups (broad SMARTS) is 1. The van der Waals surface area contributed by atoms with Gasteiger partial charge in [0, 0.05) is 18.8 Å². The summed E-state index contributed by atoms with van der Waals surface area (Å²) in [6, 6.07) is -3.53. The Bertz CT molecular complexity index is 742. The number of carbonyl (C=O) groups is 3. The van der Waals surface area contributed by atoms with Crippen LogP contribution in [0.1, 0.15) is 24.2 Å². The number of ketones is 1. The molecule has 2 heterocycles. The Kier molecular flexibility index (Phi) is 6.20. The number of aromatic nitrogens is 4. The van der Waals surface area contributed by atoms with E-state index in [-0.39, 0.29) is 12.1 Å². The molecule has 2 aromatic heterocycles. The van der Waals surface area contributed by atoms with E-state index in [1.165, 1.54) is 25.8 Å². The van der Waals surface area contributed by atoms with Gasteiger partial charge < -0.3 is 31.9 Å². The van der Waals surface area contributed by atoms with Crippen LogP contribution in [0.2, 0.25) is 0 Å². The number of hydrogen-bond donors (Lipinski definition) is 6. The molecule has 140 valence electrons. The molecule has 0 spiro atoms.